The molecular formula is C6H3ClNO. The third-order valence-corrected chi connectivity index (χ3v) is 1.06. The molecule has 1 aromatic heterocycles. The van der Waals surface area contributed by atoms with E-state index in [0.717, 1.165) is 0 Å². The van der Waals surface area contributed by atoms with Crippen LogP contribution in [-0.4, -0.2) is 11.3 Å². The summed E-state index contributed by atoms with van der Waals surface area (Å²) in [6.45, 7) is 0. The van der Waals surface area contributed by atoms with Crippen LogP contribution in [0.5, 0.6) is 0 Å². The number of halogens is 1. The quantitative estimate of drug-likeness (QED) is 0.587. The van der Waals surface area contributed by atoms with Gasteiger partial charge in [-0.15, -0.1) is 0 Å². The van der Waals surface area contributed by atoms with Gasteiger partial charge >= 0.3 is 0 Å². The van der Waals surface area contributed by atoms with Crippen LogP contribution < -0.4 is 0 Å². The Morgan fingerprint density at radius 2 is 2.33 bits per heavy atom. The molecule has 0 aliphatic heterocycles. The zero-order chi connectivity index (χ0) is 6.69. The Labute approximate surface area is 57.5 Å². The summed E-state index contributed by atoms with van der Waals surface area (Å²) in [5, 5.41) is 0.522. The minimum Gasteiger partial charge on any atom is -0.283 e. The summed E-state index contributed by atoms with van der Waals surface area (Å²) in [5.41, 5.74) is 0.277. The predicted octanol–water partition coefficient (Wildman–Crippen LogP) is 1.19. The van der Waals surface area contributed by atoms with E-state index >= 15 is 0 Å². The molecule has 45 valence electrons. The molecule has 0 aromatic carbocycles. The van der Waals surface area contributed by atoms with Gasteiger partial charge in [-0.2, -0.15) is 0 Å². The number of pyridine rings is 1. The van der Waals surface area contributed by atoms with E-state index in [0.29, 0.717) is 5.02 Å². The Morgan fingerprint density at radius 3 is 2.78 bits per heavy atom. The fourth-order valence-corrected chi connectivity index (χ4v) is 0.548. The average Bonchev–Trinajstić information content (AvgIpc) is 1.90. The Hall–Kier alpha value is -0.890. The molecule has 0 fully saturated rings. The second kappa shape index (κ2) is 2.60. The van der Waals surface area contributed by atoms with Crippen molar-refractivity contribution in [2.45, 2.75) is 0 Å². The first kappa shape index (κ1) is 6.23. The van der Waals surface area contributed by atoms with Crippen LogP contribution in [0.4, 0.5) is 0 Å². The van der Waals surface area contributed by atoms with Crippen molar-refractivity contribution >= 4 is 17.9 Å². The Kier molecular flexibility index (Phi) is 1.80. The molecule has 1 radical (unpaired) electrons. The third-order valence-electron chi connectivity index (χ3n) is 0.832. The monoisotopic (exact) mass is 140 g/mol. The topological polar surface area (TPSA) is 30.0 Å². The summed E-state index contributed by atoms with van der Waals surface area (Å²) in [4.78, 5) is 13.5. The Balaban J connectivity index is 3.01. The number of hydrogen-bond donors (Lipinski definition) is 0. The molecule has 0 N–H and O–H groups in total. The van der Waals surface area contributed by atoms with E-state index in [2.05, 4.69) is 4.98 Å². The highest BCUT2D eigenvalue weighted by atomic mass is 35.5. The van der Waals surface area contributed by atoms with Crippen molar-refractivity contribution in [1.29, 1.82) is 0 Å². The molecule has 0 saturated heterocycles. The number of rotatable bonds is 1. The molecule has 2 nitrogen and oxygen atoms in total. The largest absolute Gasteiger partial charge is 0.283 e. The summed E-state index contributed by atoms with van der Waals surface area (Å²) in [7, 11) is 0. The smallest absolute Gasteiger partial charge is 0.253 e. The van der Waals surface area contributed by atoms with E-state index in [-0.39, 0.29) is 5.69 Å². The second-order valence-electron chi connectivity index (χ2n) is 1.46. The lowest BCUT2D eigenvalue weighted by atomic mass is 10.4. The molecular weight excluding hydrogens is 138 g/mol. The van der Waals surface area contributed by atoms with Gasteiger partial charge in [0.25, 0.3) is 6.29 Å². The minimum absolute atomic E-state index is 0.277. The van der Waals surface area contributed by atoms with E-state index < -0.39 is 0 Å². The molecule has 0 saturated carbocycles. The van der Waals surface area contributed by atoms with Crippen LogP contribution >= 0.6 is 11.6 Å². The molecule has 9 heavy (non-hydrogen) atoms. The fraction of sp³-hybridized carbons (Fsp3) is 0. The van der Waals surface area contributed by atoms with Gasteiger partial charge in [-0.25, -0.2) is 0 Å². The lowest BCUT2D eigenvalue weighted by molar-refractivity contribution is 0.561. The molecule has 1 rings (SSSR count). The van der Waals surface area contributed by atoms with Crippen LogP contribution in [0, 0.1) is 0 Å². The van der Waals surface area contributed by atoms with Crippen molar-refractivity contribution in [2.75, 3.05) is 0 Å². The molecule has 0 spiro atoms. The summed E-state index contributed by atoms with van der Waals surface area (Å²) < 4.78 is 0. The highest BCUT2D eigenvalue weighted by Gasteiger charge is 1.89. The second-order valence-corrected chi connectivity index (χ2v) is 1.90. The van der Waals surface area contributed by atoms with Crippen molar-refractivity contribution in [3.63, 3.8) is 0 Å². The van der Waals surface area contributed by atoms with Gasteiger partial charge in [0, 0.05) is 6.20 Å². The molecule has 1 aromatic rings. The first-order valence-corrected chi connectivity index (χ1v) is 2.70. The summed E-state index contributed by atoms with van der Waals surface area (Å²) >= 11 is 5.48. The Bertz CT molecular complexity index is 207. The number of carbonyl (C=O) groups excluding carboxylic acids is 1. The average molecular weight is 141 g/mol. The molecule has 1 heterocycles. The maximum Gasteiger partial charge on any atom is 0.253 e. The molecule has 0 atom stereocenters. The zero-order valence-electron chi connectivity index (χ0n) is 4.47. The molecule has 0 aliphatic rings. The standard InChI is InChI=1S/C6H3ClNO/c7-5-1-2-6(4-9)8-3-5/h1-3H. The van der Waals surface area contributed by atoms with Crippen LogP contribution in [0.25, 0.3) is 0 Å². The van der Waals surface area contributed by atoms with E-state index in [9.17, 15) is 4.79 Å². The van der Waals surface area contributed by atoms with Crippen molar-refractivity contribution in [3.05, 3.63) is 29.0 Å². The predicted molar refractivity (Wildman–Crippen MR) is 34.0 cm³/mol. The van der Waals surface area contributed by atoms with Crippen molar-refractivity contribution in [3.8, 4) is 0 Å². The highest BCUT2D eigenvalue weighted by molar-refractivity contribution is 6.30. The molecule has 0 amide bonds. The normalized spacial score (nSPS) is 9.00. The van der Waals surface area contributed by atoms with Crippen molar-refractivity contribution in [2.24, 2.45) is 0 Å². The lowest BCUT2D eigenvalue weighted by Gasteiger charge is -1.85. The number of hydrogen-bond acceptors (Lipinski definition) is 2. The Morgan fingerprint density at radius 1 is 1.56 bits per heavy atom. The fourth-order valence-electron chi connectivity index (χ4n) is 0.436. The zero-order valence-corrected chi connectivity index (χ0v) is 5.22. The molecule has 3 heteroatoms. The van der Waals surface area contributed by atoms with Gasteiger partial charge < -0.3 is 0 Å². The van der Waals surface area contributed by atoms with E-state index in [1.807, 2.05) is 0 Å². The van der Waals surface area contributed by atoms with E-state index in [1.165, 1.54) is 12.3 Å². The maximum atomic E-state index is 9.89. The van der Waals surface area contributed by atoms with Gasteiger partial charge in [-0.05, 0) is 12.1 Å². The van der Waals surface area contributed by atoms with Gasteiger partial charge in [-0.3, -0.25) is 9.78 Å². The van der Waals surface area contributed by atoms with Gasteiger partial charge in [0.1, 0.15) is 5.69 Å². The third kappa shape index (κ3) is 1.50. The summed E-state index contributed by atoms with van der Waals surface area (Å²) in [6.07, 6.45) is 3.04. The van der Waals surface area contributed by atoms with E-state index in [1.54, 1.807) is 12.4 Å². The van der Waals surface area contributed by atoms with Crippen LogP contribution in [0.15, 0.2) is 18.3 Å². The SMILES string of the molecule is O=[C]c1ccc(Cl)cn1. The van der Waals surface area contributed by atoms with Gasteiger partial charge in [-0.1, -0.05) is 11.6 Å². The van der Waals surface area contributed by atoms with Gasteiger partial charge in [0.2, 0.25) is 0 Å². The van der Waals surface area contributed by atoms with Gasteiger partial charge in [0.05, 0.1) is 5.02 Å². The van der Waals surface area contributed by atoms with Crippen molar-refractivity contribution in [1.82, 2.24) is 4.98 Å². The maximum absolute atomic E-state index is 9.89. The van der Waals surface area contributed by atoms with Gasteiger partial charge in [0.15, 0.2) is 0 Å². The van der Waals surface area contributed by atoms with Crippen molar-refractivity contribution < 1.29 is 4.79 Å². The molecule has 0 bridgehead atoms. The van der Waals surface area contributed by atoms with Crippen LogP contribution in [0.3, 0.4) is 0 Å². The van der Waals surface area contributed by atoms with E-state index in [4.69, 9.17) is 11.6 Å². The van der Waals surface area contributed by atoms with Crippen LogP contribution in [-0.2, 0) is 4.79 Å². The number of nitrogens with zero attached hydrogens (tertiary/aromatic N) is 1. The highest BCUT2D eigenvalue weighted by Crippen LogP contribution is 2.03. The van der Waals surface area contributed by atoms with Crippen LogP contribution in [0.2, 0.25) is 5.02 Å². The summed E-state index contributed by atoms with van der Waals surface area (Å²) in [6, 6.07) is 3.10. The first-order chi connectivity index (χ1) is 4.33. The minimum atomic E-state index is 0.277. The molecule has 0 unspecified atom stereocenters. The summed E-state index contributed by atoms with van der Waals surface area (Å²) in [5.74, 6) is 0. The molecule has 0 aliphatic carbocycles. The first-order valence-electron chi connectivity index (χ1n) is 2.32. The van der Waals surface area contributed by atoms with Crippen LogP contribution in [0.1, 0.15) is 5.69 Å². The lowest BCUT2D eigenvalue weighted by Crippen LogP contribution is -1.83. The number of aromatic nitrogens is 1.